The molecule has 1 heterocycles. The maximum Gasteiger partial charge on any atom is 0.419 e. The molecule has 1 atom stereocenters. The summed E-state index contributed by atoms with van der Waals surface area (Å²) in [7, 11) is 0. The van der Waals surface area contributed by atoms with E-state index >= 15 is 0 Å². The van der Waals surface area contributed by atoms with Gasteiger partial charge < -0.3 is 15.1 Å². The van der Waals surface area contributed by atoms with E-state index in [1.807, 2.05) is 48.5 Å². The van der Waals surface area contributed by atoms with Crippen molar-refractivity contribution in [2.45, 2.75) is 32.4 Å². The summed E-state index contributed by atoms with van der Waals surface area (Å²) in [6.07, 6.45) is 0.784. The predicted molar refractivity (Wildman–Crippen MR) is 128 cm³/mol. The quantitative estimate of drug-likeness (QED) is 0.354. The normalized spacial score (nSPS) is 11.9. The Morgan fingerprint density at radius 2 is 1.81 bits per heavy atom. The predicted octanol–water partition coefficient (Wildman–Crippen LogP) is 5.84. The first kappa shape index (κ1) is 21.7. The van der Waals surface area contributed by atoms with E-state index in [2.05, 4.69) is 29.7 Å². The summed E-state index contributed by atoms with van der Waals surface area (Å²) in [5.41, 5.74) is 3.87. The molecule has 2 N–H and O–H groups in total. The number of fused-ring (bicyclic) bond motifs is 1. The summed E-state index contributed by atoms with van der Waals surface area (Å²) in [6, 6.07) is 22.8. The second kappa shape index (κ2) is 9.75. The van der Waals surface area contributed by atoms with Gasteiger partial charge in [-0.1, -0.05) is 54.1 Å². The van der Waals surface area contributed by atoms with Crippen molar-refractivity contribution in [2.75, 3.05) is 10.6 Å². The van der Waals surface area contributed by atoms with Gasteiger partial charge in [0.1, 0.15) is 0 Å². The molecule has 32 heavy (non-hydrogen) atoms. The van der Waals surface area contributed by atoms with Crippen LogP contribution in [0.15, 0.2) is 82.0 Å². The number of benzene rings is 3. The van der Waals surface area contributed by atoms with Crippen molar-refractivity contribution in [1.29, 1.82) is 0 Å². The highest BCUT2D eigenvalue weighted by atomic mass is 35.5. The number of amides is 1. The fourth-order valence-electron chi connectivity index (χ4n) is 3.62. The van der Waals surface area contributed by atoms with Crippen LogP contribution in [-0.4, -0.2) is 10.5 Å². The van der Waals surface area contributed by atoms with Gasteiger partial charge in [-0.15, -0.1) is 0 Å². The molecule has 0 spiro atoms. The number of hydrogen-bond acceptors (Lipinski definition) is 4. The highest BCUT2D eigenvalue weighted by Crippen LogP contribution is 2.29. The first-order valence-electron chi connectivity index (χ1n) is 10.5. The fourth-order valence-corrected chi connectivity index (χ4v) is 3.85. The van der Waals surface area contributed by atoms with E-state index in [1.54, 1.807) is 16.7 Å². The number of carbonyl (C=O) groups is 1. The van der Waals surface area contributed by atoms with Crippen LogP contribution in [0.3, 0.4) is 0 Å². The van der Waals surface area contributed by atoms with Crippen LogP contribution in [0.2, 0.25) is 5.02 Å². The Kier molecular flexibility index (Phi) is 6.61. The Morgan fingerprint density at radius 1 is 1.06 bits per heavy atom. The van der Waals surface area contributed by atoms with Crippen molar-refractivity contribution in [3.8, 4) is 0 Å². The average molecular weight is 450 g/mol. The van der Waals surface area contributed by atoms with Gasteiger partial charge in [0, 0.05) is 24.7 Å². The molecule has 0 aliphatic heterocycles. The van der Waals surface area contributed by atoms with E-state index < -0.39 is 5.76 Å². The third-order valence-electron chi connectivity index (χ3n) is 5.28. The standard InChI is InChI=1S/C25H24ClN3O3/c1-17(18-8-3-2-4-9-18)27-21-14-13-19(16-20(21)26)28-24(30)12-7-15-29-22-10-5-6-11-23(22)32-25(29)31/h2-6,8-11,13-14,16-17,27H,7,12,15H2,1H3,(H,28,30). The third-order valence-corrected chi connectivity index (χ3v) is 5.60. The molecule has 3 aromatic carbocycles. The summed E-state index contributed by atoms with van der Waals surface area (Å²) in [5, 5.41) is 6.79. The summed E-state index contributed by atoms with van der Waals surface area (Å²) < 4.78 is 6.77. The van der Waals surface area contributed by atoms with Gasteiger partial charge in [0.05, 0.1) is 16.2 Å². The van der Waals surface area contributed by atoms with Crippen molar-refractivity contribution in [3.05, 3.63) is 93.9 Å². The number of carbonyl (C=O) groups excluding carboxylic acids is 1. The second-order valence-electron chi connectivity index (χ2n) is 7.61. The van der Waals surface area contributed by atoms with Crippen molar-refractivity contribution < 1.29 is 9.21 Å². The highest BCUT2D eigenvalue weighted by Gasteiger charge is 2.11. The molecule has 0 saturated carbocycles. The summed E-state index contributed by atoms with van der Waals surface area (Å²) in [6.45, 7) is 2.47. The highest BCUT2D eigenvalue weighted by molar-refractivity contribution is 6.33. The Morgan fingerprint density at radius 3 is 2.59 bits per heavy atom. The van der Waals surface area contributed by atoms with Crippen LogP contribution in [-0.2, 0) is 11.3 Å². The maximum absolute atomic E-state index is 12.4. The molecule has 0 aliphatic rings. The van der Waals surface area contributed by atoms with Crippen LogP contribution in [0.5, 0.6) is 0 Å². The SMILES string of the molecule is CC(Nc1ccc(NC(=O)CCCn2c(=O)oc3ccccc32)cc1Cl)c1ccccc1. The number of para-hydroxylation sites is 2. The lowest BCUT2D eigenvalue weighted by molar-refractivity contribution is -0.116. The van der Waals surface area contributed by atoms with E-state index in [-0.39, 0.29) is 18.4 Å². The largest absolute Gasteiger partial charge is 0.419 e. The van der Waals surface area contributed by atoms with Crippen molar-refractivity contribution in [3.63, 3.8) is 0 Å². The Bertz CT molecular complexity index is 1280. The smallest absolute Gasteiger partial charge is 0.408 e. The first-order valence-corrected chi connectivity index (χ1v) is 10.9. The van der Waals surface area contributed by atoms with Gasteiger partial charge >= 0.3 is 5.76 Å². The summed E-state index contributed by atoms with van der Waals surface area (Å²) in [4.78, 5) is 24.4. The first-order chi connectivity index (χ1) is 15.5. The fraction of sp³-hybridized carbons (Fsp3) is 0.200. The average Bonchev–Trinajstić information content (AvgIpc) is 3.11. The van der Waals surface area contributed by atoms with Gasteiger partial charge in [0.2, 0.25) is 5.91 Å². The zero-order valence-corrected chi connectivity index (χ0v) is 18.4. The molecular formula is C25H24ClN3O3. The van der Waals surface area contributed by atoms with E-state index in [9.17, 15) is 9.59 Å². The van der Waals surface area contributed by atoms with Gasteiger partial charge in [-0.25, -0.2) is 4.79 Å². The Hall–Kier alpha value is -3.51. The lowest BCUT2D eigenvalue weighted by atomic mass is 10.1. The molecule has 1 aromatic heterocycles. The Labute approximate surface area is 190 Å². The zero-order chi connectivity index (χ0) is 22.5. The maximum atomic E-state index is 12.4. The molecule has 0 fully saturated rings. The number of nitrogens with one attached hydrogen (secondary N) is 2. The molecule has 7 heteroatoms. The lowest BCUT2D eigenvalue weighted by Gasteiger charge is -2.17. The van der Waals surface area contributed by atoms with E-state index in [1.165, 1.54) is 0 Å². The van der Waals surface area contributed by atoms with Crippen molar-refractivity contribution in [1.82, 2.24) is 4.57 Å². The molecule has 1 unspecified atom stereocenters. The van der Waals surface area contributed by atoms with E-state index in [0.717, 1.165) is 16.8 Å². The van der Waals surface area contributed by atoms with Crippen molar-refractivity contribution >= 4 is 40.0 Å². The molecule has 0 aliphatic carbocycles. The number of aromatic nitrogens is 1. The summed E-state index contributed by atoms with van der Waals surface area (Å²) >= 11 is 6.43. The zero-order valence-electron chi connectivity index (χ0n) is 17.7. The number of oxazole rings is 1. The molecule has 0 bridgehead atoms. The molecule has 0 saturated heterocycles. The minimum Gasteiger partial charge on any atom is -0.408 e. The number of rotatable bonds is 8. The Balaban J connectivity index is 1.32. The lowest BCUT2D eigenvalue weighted by Crippen LogP contribution is -2.17. The topological polar surface area (TPSA) is 76.3 Å². The molecular weight excluding hydrogens is 426 g/mol. The molecule has 4 aromatic rings. The minimum absolute atomic E-state index is 0.0940. The van der Waals surface area contributed by atoms with Gasteiger partial charge in [-0.3, -0.25) is 9.36 Å². The van der Waals surface area contributed by atoms with Gasteiger partial charge in [-0.05, 0) is 49.2 Å². The van der Waals surface area contributed by atoms with Gasteiger partial charge in [-0.2, -0.15) is 0 Å². The van der Waals surface area contributed by atoms with E-state index in [4.69, 9.17) is 16.0 Å². The van der Waals surface area contributed by atoms with Crippen LogP contribution in [0, 0.1) is 0 Å². The summed E-state index contributed by atoms with van der Waals surface area (Å²) in [5.74, 6) is -0.550. The minimum atomic E-state index is -0.411. The molecule has 4 rings (SSSR count). The molecule has 0 radical (unpaired) electrons. The van der Waals surface area contributed by atoms with Crippen LogP contribution < -0.4 is 16.4 Å². The number of anilines is 2. The molecule has 1 amide bonds. The second-order valence-corrected chi connectivity index (χ2v) is 8.02. The molecule has 164 valence electrons. The monoisotopic (exact) mass is 449 g/mol. The van der Waals surface area contributed by atoms with Crippen LogP contribution in [0.25, 0.3) is 11.1 Å². The van der Waals surface area contributed by atoms with Gasteiger partial charge in [0.25, 0.3) is 0 Å². The molecule has 6 nitrogen and oxygen atoms in total. The van der Waals surface area contributed by atoms with Crippen LogP contribution in [0.4, 0.5) is 11.4 Å². The van der Waals surface area contributed by atoms with Crippen molar-refractivity contribution in [2.24, 2.45) is 0 Å². The number of nitrogens with zero attached hydrogens (tertiary/aromatic N) is 1. The van der Waals surface area contributed by atoms with E-state index in [0.29, 0.717) is 29.3 Å². The number of halogens is 1. The third kappa shape index (κ3) is 5.03. The van der Waals surface area contributed by atoms with Crippen LogP contribution in [0.1, 0.15) is 31.4 Å². The number of aryl methyl sites for hydroxylation is 1. The number of hydrogen-bond donors (Lipinski definition) is 2. The van der Waals surface area contributed by atoms with Gasteiger partial charge in [0.15, 0.2) is 5.58 Å². The van der Waals surface area contributed by atoms with Crippen LogP contribution >= 0.6 is 11.6 Å².